The number of hydrogen-bond acceptors (Lipinski definition) is 3. The molecule has 184 valence electrons. The molecule has 0 radical (unpaired) electrons. The van der Waals surface area contributed by atoms with E-state index >= 15 is 0 Å². The zero-order valence-corrected chi connectivity index (χ0v) is 23.3. The minimum absolute atomic E-state index is 0.0786. The lowest BCUT2D eigenvalue weighted by Crippen LogP contribution is -2.56. The highest BCUT2D eigenvalue weighted by Crippen LogP contribution is 2.46. The molecular formula is C30H43NO2Si. The predicted octanol–water partition coefficient (Wildman–Crippen LogP) is 7.99. The fourth-order valence-electron chi connectivity index (χ4n) is 6.26. The summed E-state index contributed by atoms with van der Waals surface area (Å²) in [5, 5.41) is 0. The first-order chi connectivity index (χ1) is 16.2. The van der Waals surface area contributed by atoms with Crippen LogP contribution in [0.25, 0.3) is 0 Å². The van der Waals surface area contributed by atoms with Crippen LogP contribution < -0.4 is 9.47 Å². The summed E-state index contributed by atoms with van der Waals surface area (Å²) in [5.41, 5.74) is 4.55. The summed E-state index contributed by atoms with van der Waals surface area (Å²) in [6.45, 7) is 14.5. The summed E-state index contributed by atoms with van der Waals surface area (Å²) in [4.78, 5) is 0. The van der Waals surface area contributed by atoms with Gasteiger partial charge in [0.1, 0.15) is 11.5 Å². The van der Waals surface area contributed by atoms with Gasteiger partial charge in [0.25, 0.3) is 0 Å². The summed E-state index contributed by atoms with van der Waals surface area (Å²) in [6, 6.07) is 17.0. The van der Waals surface area contributed by atoms with Crippen LogP contribution >= 0.6 is 0 Å². The van der Waals surface area contributed by atoms with Crippen molar-refractivity contribution in [2.75, 3.05) is 14.2 Å². The van der Waals surface area contributed by atoms with Crippen molar-refractivity contribution in [3.8, 4) is 11.5 Å². The van der Waals surface area contributed by atoms with E-state index in [0.29, 0.717) is 16.6 Å². The Morgan fingerprint density at radius 1 is 0.647 bits per heavy atom. The van der Waals surface area contributed by atoms with E-state index in [1.54, 1.807) is 14.2 Å². The van der Waals surface area contributed by atoms with Gasteiger partial charge in [0, 0.05) is 5.41 Å². The highest BCUT2D eigenvalue weighted by Gasteiger charge is 2.48. The van der Waals surface area contributed by atoms with Crippen LogP contribution in [0.1, 0.15) is 52.7 Å². The van der Waals surface area contributed by atoms with Crippen LogP contribution in [-0.4, -0.2) is 27.0 Å². The van der Waals surface area contributed by atoms with Gasteiger partial charge in [0.05, 0.1) is 14.2 Å². The third kappa shape index (κ3) is 5.27. The Morgan fingerprint density at radius 2 is 1.00 bits per heavy atom. The summed E-state index contributed by atoms with van der Waals surface area (Å²) < 4.78 is 13.4. The van der Waals surface area contributed by atoms with Crippen molar-refractivity contribution >= 4 is 8.24 Å². The third-order valence-corrected chi connectivity index (χ3v) is 14.5. The predicted molar refractivity (Wildman–Crippen MR) is 147 cm³/mol. The molecular weight excluding hydrogens is 434 g/mol. The lowest BCUT2D eigenvalue weighted by Gasteiger charge is -2.51. The van der Waals surface area contributed by atoms with Gasteiger partial charge in [-0.15, -0.1) is 0 Å². The van der Waals surface area contributed by atoms with Crippen molar-refractivity contribution in [1.82, 2.24) is 4.57 Å². The molecule has 0 N–H and O–H groups in total. The topological polar surface area (TPSA) is 21.7 Å². The van der Waals surface area contributed by atoms with Crippen molar-refractivity contribution in [3.05, 3.63) is 84.2 Å². The Kier molecular flexibility index (Phi) is 8.35. The van der Waals surface area contributed by atoms with E-state index in [9.17, 15) is 0 Å². The normalized spacial score (nSPS) is 15.4. The molecule has 3 rings (SSSR count). The molecule has 0 saturated carbocycles. The SMILES string of the molecule is COc1ccc(CC2(Cc3ccc(OC)cc3)C=CN([Si](C(C)C)(C(C)C)C(C)C)C=C2)cc1. The molecule has 0 aromatic heterocycles. The summed E-state index contributed by atoms with van der Waals surface area (Å²) in [6.07, 6.45) is 11.7. The monoisotopic (exact) mass is 477 g/mol. The van der Waals surface area contributed by atoms with Crippen molar-refractivity contribution < 1.29 is 9.47 Å². The van der Waals surface area contributed by atoms with Gasteiger partial charge in [0.2, 0.25) is 0 Å². The number of ether oxygens (including phenoxy) is 2. The second-order valence-electron chi connectivity index (χ2n) is 10.7. The van der Waals surface area contributed by atoms with E-state index < -0.39 is 8.24 Å². The number of rotatable bonds is 10. The quantitative estimate of drug-likeness (QED) is 0.324. The van der Waals surface area contributed by atoms with Crippen LogP contribution in [0.2, 0.25) is 16.6 Å². The first-order valence-corrected chi connectivity index (χ1v) is 14.8. The van der Waals surface area contributed by atoms with E-state index in [2.05, 4.69) is 119 Å². The van der Waals surface area contributed by atoms with Gasteiger partial charge in [0.15, 0.2) is 8.24 Å². The molecule has 3 nitrogen and oxygen atoms in total. The van der Waals surface area contributed by atoms with Gasteiger partial charge >= 0.3 is 0 Å². The van der Waals surface area contributed by atoms with Gasteiger partial charge < -0.3 is 14.0 Å². The molecule has 0 fully saturated rings. The largest absolute Gasteiger partial charge is 0.497 e. The molecule has 1 heterocycles. The summed E-state index contributed by atoms with van der Waals surface area (Å²) in [5.74, 6) is 1.80. The number of allylic oxidation sites excluding steroid dienone is 2. The van der Waals surface area contributed by atoms with E-state index in [0.717, 1.165) is 24.3 Å². The second-order valence-corrected chi connectivity index (χ2v) is 16.4. The molecule has 34 heavy (non-hydrogen) atoms. The Morgan fingerprint density at radius 3 is 1.29 bits per heavy atom. The van der Waals surface area contributed by atoms with Gasteiger partial charge in [-0.25, -0.2) is 0 Å². The minimum Gasteiger partial charge on any atom is -0.497 e. The Labute approximate surface area is 208 Å². The fourth-order valence-corrected chi connectivity index (χ4v) is 12.7. The number of benzene rings is 2. The van der Waals surface area contributed by atoms with Crippen LogP contribution in [0.4, 0.5) is 0 Å². The smallest absolute Gasteiger partial charge is 0.168 e. The third-order valence-electron chi connectivity index (χ3n) is 7.74. The van der Waals surface area contributed by atoms with Gasteiger partial charge in [-0.2, -0.15) is 0 Å². The fraction of sp³-hybridized carbons (Fsp3) is 0.467. The van der Waals surface area contributed by atoms with Crippen molar-refractivity contribution in [2.45, 2.75) is 71.0 Å². The summed E-state index contributed by atoms with van der Waals surface area (Å²) in [7, 11) is 1.66. The van der Waals surface area contributed by atoms with Crippen LogP contribution in [0.3, 0.4) is 0 Å². The number of nitrogens with zero attached hydrogens (tertiary/aromatic N) is 1. The molecule has 0 spiro atoms. The molecule has 0 unspecified atom stereocenters. The maximum atomic E-state index is 5.38. The summed E-state index contributed by atoms with van der Waals surface area (Å²) >= 11 is 0. The number of methoxy groups -OCH3 is 2. The van der Waals surface area contributed by atoms with Gasteiger partial charge in [-0.05, 0) is 77.3 Å². The molecule has 0 atom stereocenters. The maximum absolute atomic E-state index is 5.38. The Bertz CT molecular complexity index is 887. The molecule has 0 amide bonds. The first kappa shape index (κ1) is 26.1. The highest BCUT2D eigenvalue weighted by atomic mass is 28.3. The zero-order chi connectivity index (χ0) is 24.9. The van der Waals surface area contributed by atoms with Gasteiger partial charge in [-0.1, -0.05) is 78.0 Å². The van der Waals surface area contributed by atoms with E-state index in [1.807, 2.05) is 0 Å². The van der Waals surface area contributed by atoms with Crippen LogP contribution in [0.5, 0.6) is 11.5 Å². The Balaban J connectivity index is 1.97. The zero-order valence-electron chi connectivity index (χ0n) is 22.3. The van der Waals surface area contributed by atoms with E-state index in [-0.39, 0.29) is 5.41 Å². The van der Waals surface area contributed by atoms with Crippen molar-refractivity contribution in [1.29, 1.82) is 0 Å². The second kappa shape index (κ2) is 10.9. The molecule has 2 aromatic carbocycles. The Hall–Kier alpha value is -2.46. The van der Waals surface area contributed by atoms with Crippen LogP contribution in [0.15, 0.2) is 73.1 Å². The van der Waals surface area contributed by atoms with Crippen LogP contribution in [0, 0.1) is 5.41 Å². The van der Waals surface area contributed by atoms with E-state index in [4.69, 9.17) is 9.47 Å². The average molecular weight is 478 g/mol. The van der Waals surface area contributed by atoms with E-state index in [1.165, 1.54) is 11.1 Å². The molecule has 0 aliphatic carbocycles. The van der Waals surface area contributed by atoms with Gasteiger partial charge in [-0.3, -0.25) is 0 Å². The van der Waals surface area contributed by atoms with Crippen molar-refractivity contribution in [2.24, 2.45) is 5.41 Å². The lowest BCUT2D eigenvalue weighted by atomic mass is 9.76. The number of hydrogen-bond donors (Lipinski definition) is 0. The highest BCUT2D eigenvalue weighted by molar-refractivity contribution is 6.81. The maximum Gasteiger partial charge on any atom is 0.168 e. The molecule has 2 aromatic rings. The molecule has 1 aliphatic heterocycles. The van der Waals surface area contributed by atoms with Crippen molar-refractivity contribution in [3.63, 3.8) is 0 Å². The molecule has 0 bridgehead atoms. The minimum atomic E-state index is -1.77. The molecule has 4 heteroatoms. The standard InChI is InChI=1S/C30H43NO2Si/c1-23(2)34(24(3)4,25(5)6)31-19-17-30(18-20-31,21-26-9-13-28(32-7)14-10-26)22-27-11-15-29(33-8)16-12-27/h9-20,23-25H,21-22H2,1-8H3. The average Bonchev–Trinajstić information content (AvgIpc) is 2.81. The molecule has 0 saturated heterocycles. The molecule has 1 aliphatic rings. The van der Waals surface area contributed by atoms with Crippen LogP contribution in [-0.2, 0) is 12.8 Å². The first-order valence-electron chi connectivity index (χ1n) is 12.6. The lowest BCUT2D eigenvalue weighted by molar-refractivity contribution is 0.413.